The minimum atomic E-state index is -1.07. The summed E-state index contributed by atoms with van der Waals surface area (Å²) in [6.45, 7) is 5.43. The average molecular weight is 486 g/mol. The molecule has 2 atom stereocenters. The smallest absolute Gasteiger partial charge is 0.245 e. The van der Waals surface area contributed by atoms with Crippen LogP contribution in [0.25, 0.3) is 0 Å². The van der Waals surface area contributed by atoms with Crippen LogP contribution in [0, 0.1) is 5.92 Å². The highest BCUT2D eigenvalue weighted by molar-refractivity contribution is 5.92. The molecule has 0 radical (unpaired) electrons. The topological polar surface area (TPSA) is 160 Å². The van der Waals surface area contributed by atoms with E-state index in [9.17, 15) is 19.5 Å². The number of unbranched alkanes of at least 4 members (excludes halogenated alkanes) is 8. The number of amides is 3. The van der Waals surface area contributed by atoms with Gasteiger partial charge in [-0.25, -0.2) is 0 Å². The van der Waals surface area contributed by atoms with Gasteiger partial charge >= 0.3 is 0 Å². The molecule has 0 heterocycles. The van der Waals surface area contributed by atoms with Crippen molar-refractivity contribution in [1.82, 2.24) is 16.0 Å². The lowest BCUT2D eigenvalue weighted by Gasteiger charge is -2.22. The van der Waals surface area contributed by atoms with Gasteiger partial charge in [0.2, 0.25) is 17.7 Å². The summed E-state index contributed by atoms with van der Waals surface area (Å²) in [5, 5.41) is 17.8. The first kappa shape index (κ1) is 32.3. The number of carbonyl (C=O) groups excluding carboxylic acids is 3. The van der Waals surface area contributed by atoms with Gasteiger partial charge < -0.3 is 32.5 Å². The molecule has 0 spiro atoms. The number of hydrogen-bond acceptors (Lipinski definition) is 6. The number of rotatable bonds is 22. The Kier molecular flexibility index (Phi) is 20.7. The first-order chi connectivity index (χ1) is 16.3. The third-order valence-electron chi connectivity index (χ3n) is 5.79. The maximum Gasteiger partial charge on any atom is 0.245 e. The normalized spacial score (nSPS) is 12.9. The van der Waals surface area contributed by atoms with Crippen LogP contribution < -0.4 is 27.4 Å². The minimum absolute atomic E-state index is 0.253. The molecular weight excluding hydrogens is 434 g/mol. The van der Waals surface area contributed by atoms with Crippen molar-refractivity contribution < 1.29 is 19.5 Å². The van der Waals surface area contributed by atoms with Gasteiger partial charge in [0.05, 0.1) is 6.61 Å². The second-order valence-corrected chi connectivity index (χ2v) is 9.49. The quantitative estimate of drug-likeness (QED) is 0.128. The first-order valence-corrected chi connectivity index (χ1v) is 13.2. The van der Waals surface area contributed by atoms with Crippen LogP contribution in [0.1, 0.15) is 97.3 Å². The molecule has 0 aromatic heterocycles. The van der Waals surface area contributed by atoms with Gasteiger partial charge in [0, 0.05) is 13.0 Å². The maximum absolute atomic E-state index is 12.7. The Hall–Kier alpha value is -1.71. The summed E-state index contributed by atoms with van der Waals surface area (Å²) < 4.78 is 0. The zero-order valence-corrected chi connectivity index (χ0v) is 21.6. The van der Waals surface area contributed by atoms with E-state index in [0.29, 0.717) is 38.3 Å². The lowest BCUT2D eigenvalue weighted by molar-refractivity contribution is -0.133. The molecule has 0 aliphatic carbocycles. The highest BCUT2D eigenvalue weighted by Gasteiger charge is 2.26. The van der Waals surface area contributed by atoms with Crippen molar-refractivity contribution in [2.45, 2.75) is 109 Å². The molecule has 0 fully saturated rings. The fourth-order valence-corrected chi connectivity index (χ4v) is 3.59. The van der Waals surface area contributed by atoms with Crippen LogP contribution in [0.15, 0.2) is 0 Å². The second-order valence-electron chi connectivity index (χ2n) is 9.49. The molecule has 0 aliphatic heterocycles. The average Bonchev–Trinajstić information content (AvgIpc) is 2.80. The standard InChI is InChI=1S/C25H51N5O4/c1-20(2)15-18-28-24(33)21(13-10-12-17-27)30-25(34)22(19-31)29-23(32)14-9-7-5-3-4-6-8-11-16-26/h20-22,31H,3-19,26-27H2,1-2H3,(H,28,33)(H,29,32)(H,30,34)/t21-,22-/m0/s1. The Morgan fingerprint density at radius 2 is 1.26 bits per heavy atom. The summed E-state index contributed by atoms with van der Waals surface area (Å²) in [4.78, 5) is 37.5. The van der Waals surface area contributed by atoms with E-state index in [1.165, 1.54) is 19.3 Å². The van der Waals surface area contributed by atoms with Crippen molar-refractivity contribution in [3.8, 4) is 0 Å². The maximum atomic E-state index is 12.7. The SMILES string of the molecule is CC(C)CCNC(=O)[C@H](CCCCN)NC(=O)[C@H](CO)NC(=O)CCCCCCCCCCN. The summed E-state index contributed by atoms with van der Waals surface area (Å²) in [7, 11) is 0. The van der Waals surface area contributed by atoms with E-state index in [4.69, 9.17) is 11.5 Å². The van der Waals surface area contributed by atoms with Gasteiger partial charge in [0.15, 0.2) is 0 Å². The van der Waals surface area contributed by atoms with Crippen LogP contribution in [0.4, 0.5) is 0 Å². The number of nitrogens with one attached hydrogen (secondary N) is 3. The van der Waals surface area contributed by atoms with Crippen molar-refractivity contribution in [3.05, 3.63) is 0 Å². The van der Waals surface area contributed by atoms with Crippen LogP contribution >= 0.6 is 0 Å². The van der Waals surface area contributed by atoms with Crippen LogP contribution in [-0.2, 0) is 14.4 Å². The van der Waals surface area contributed by atoms with Gasteiger partial charge in [-0.05, 0) is 57.5 Å². The Bertz CT molecular complexity index is 545. The van der Waals surface area contributed by atoms with Crippen LogP contribution in [0.3, 0.4) is 0 Å². The Labute approximate surface area is 206 Å². The van der Waals surface area contributed by atoms with Crippen molar-refractivity contribution in [2.24, 2.45) is 17.4 Å². The summed E-state index contributed by atoms with van der Waals surface area (Å²) in [6.07, 6.45) is 11.6. The van der Waals surface area contributed by atoms with Gasteiger partial charge in [-0.2, -0.15) is 0 Å². The fraction of sp³-hybridized carbons (Fsp3) is 0.880. The lowest BCUT2D eigenvalue weighted by atomic mass is 10.1. The highest BCUT2D eigenvalue weighted by atomic mass is 16.3. The van der Waals surface area contributed by atoms with Crippen molar-refractivity contribution in [2.75, 3.05) is 26.2 Å². The van der Waals surface area contributed by atoms with Gasteiger partial charge in [-0.3, -0.25) is 14.4 Å². The molecule has 0 aromatic carbocycles. The van der Waals surface area contributed by atoms with Crippen molar-refractivity contribution in [1.29, 1.82) is 0 Å². The van der Waals surface area contributed by atoms with Crippen LogP contribution in [-0.4, -0.2) is 61.2 Å². The van der Waals surface area contributed by atoms with E-state index < -0.39 is 24.6 Å². The van der Waals surface area contributed by atoms with Crippen LogP contribution in [0.2, 0.25) is 0 Å². The Morgan fingerprint density at radius 3 is 1.82 bits per heavy atom. The summed E-state index contributed by atoms with van der Waals surface area (Å²) in [5.41, 5.74) is 11.0. The molecule has 0 saturated heterocycles. The summed E-state index contributed by atoms with van der Waals surface area (Å²) >= 11 is 0. The van der Waals surface area contributed by atoms with E-state index in [0.717, 1.165) is 51.5 Å². The second kappa shape index (κ2) is 21.8. The molecule has 0 bridgehead atoms. The third kappa shape index (κ3) is 17.7. The largest absolute Gasteiger partial charge is 0.394 e. The fourth-order valence-electron chi connectivity index (χ4n) is 3.59. The van der Waals surface area contributed by atoms with Gasteiger partial charge in [-0.1, -0.05) is 52.4 Å². The molecular formula is C25H51N5O4. The number of carbonyl (C=O) groups is 3. The third-order valence-corrected chi connectivity index (χ3v) is 5.79. The molecule has 8 N–H and O–H groups in total. The van der Waals surface area contributed by atoms with E-state index in [-0.39, 0.29) is 11.8 Å². The predicted octanol–water partition coefficient (Wildman–Crippen LogP) is 1.71. The molecule has 0 unspecified atom stereocenters. The number of aliphatic hydroxyl groups excluding tert-OH is 1. The molecule has 0 aliphatic rings. The summed E-state index contributed by atoms with van der Waals surface area (Å²) in [5.74, 6) is -0.610. The summed E-state index contributed by atoms with van der Waals surface area (Å²) in [6, 6.07) is -1.79. The van der Waals surface area contributed by atoms with E-state index in [1.807, 2.05) is 0 Å². The minimum Gasteiger partial charge on any atom is -0.394 e. The number of nitrogens with two attached hydrogens (primary N) is 2. The predicted molar refractivity (Wildman–Crippen MR) is 137 cm³/mol. The first-order valence-electron chi connectivity index (χ1n) is 13.2. The molecule has 0 rings (SSSR count). The lowest BCUT2D eigenvalue weighted by Crippen LogP contribution is -2.55. The molecule has 9 heteroatoms. The van der Waals surface area contributed by atoms with Gasteiger partial charge in [-0.15, -0.1) is 0 Å². The number of aliphatic hydroxyl groups is 1. The molecule has 0 aromatic rings. The Balaban J connectivity index is 4.43. The zero-order valence-electron chi connectivity index (χ0n) is 21.6. The Morgan fingerprint density at radius 1 is 0.706 bits per heavy atom. The molecule has 9 nitrogen and oxygen atoms in total. The van der Waals surface area contributed by atoms with Gasteiger partial charge in [0.1, 0.15) is 12.1 Å². The molecule has 0 saturated carbocycles. The van der Waals surface area contributed by atoms with Crippen LogP contribution in [0.5, 0.6) is 0 Å². The molecule has 3 amide bonds. The van der Waals surface area contributed by atoms with Gasteiger partial charge in [0.25, 0.3) is 0 Å². The van der Waals surface area contributed by atoms with Crippen molar-refractivity contribution >= 4 is 17.7 Å². The monoisotopic (exact) mass is 485 g/mol. The van der Waals surface area contributed by atoms with E-state index in [2.05, 4.69) is 29.8 Å². The highest BCUT2D eigenvalue weighted by Crippen LogP contribution is 2.09. The molecule has 34 heavy (non-hydrogen) atoms. The van der Waals surface area contributed by atoms with E-state index in [1.54, 1.807) is 0 Å². The molecule has 200 valence electrons. The van der Waals surface area contributed by atoms with E-state index >= 15 is 0 Å². The number of hydrogen-bond donors (Lipinski definition) is 6. The van der Waals surface area contributed by atoms with Crippen molar-refractivity contribution in [3.63, 3.8) is 0 Å². The zero-order chi connectivity index (χ0) is 25.6.